The van der Waals surface area contributed by atoms with E-state index in [0.717, 1.165) is 18.0 Å². The molecule has 0 fully saturated rings. The van der Waals surface area contributed by atoms with Crippen LogP contribution >= 0.6 is 22.9 Å². The number of rotatable bonds is 5. The smallest absolute Gasteiger partial charge is 0.0561 e. The molecule has 0 radical (unpaired) electrons. The van der Waals surface area contributed by atoms with E-state index in [4.69, 9.17) is 11.6 Å². The first kappa shape index (κ1) is 15.0. The first-order valence-corrected chi connectivity index (χ1v) is 8.62. The van der Waals surface area contributed by atoms with Gasteiger partial charge in [0.25, 0.3) is 0 Å². The summed E-state index contributed by atoms with van der Waals surface area (Å²) in [6.45, 7) is 0.972. The predicted molar refractivity (Wildman–Crippen MR) is 91.3 cm³/mol. The molecule has 2 atom stereocenters. The highest BCUT2D eigenvalue weighted by atomic mass is 35.5. The van der Waals surface area contributed by atoms with Gasteiger partial charge in [0.1, 0.15) is 0 Å². The van der Waals surface area contributed by atoms with Crippen LogP contribution in [0, 0.1) is 0 Å². The van der Waals surface area contributed by atoms with Gasteiger partial charge in [-0.25, -0.2) is 0 Å². The molecule has 2 unspecified atom stereocenters. The molecule has 0 amide bonds. The predicted octanol–water partition coefficient (Wildman–Crippen LogP) is 4.28. The second-order valence-corrected chi connectivity index (χ2v) is 7.25. The van der Waals surface area contributed by atoms with E-state index in [1.54, 1.807) is 0 Å². The van der Waals surface area contributed by atoms with Gasteiger partial charge < -0.3 is 10.2 Å². The molecule has 1 heterocycles. The Bertz CT molecular complexity index is 595. The van der Waals surface area contributed by atoms with Crippen molar-refractivity contribution >= 4 is 22.9 Å². The third kappa shape index (κ3) is 3.32. The van der Waals surface area contributed by atoms with E-state index in [1.165, 1.54) is 22.4 Å². The summed E-state index contributed by atoms with van der Waals surface area (Å²) in [5.74, 6) is 0. The Morgan fingerprint density at radius 3 is 2.95 bits per heavy atom. The van der Waals surface area contributed by atoms with Crippen LogP contribution in [0.5, 0.6) is 0 Å². The largest absolute Gasteiger partial charge is 0.308 e. The maximum absolute atomic E-state index is 6.08. The third-order valence-corrected chi connectivity index (χ3v) is 5.44. The molecule has 4 heteroatoms. The van der Waals surface area contributed by atoms with Crippen molar-refractivity contribution in [3.05, 3.63) is 56.7 Å². The van der Waals surface area contributed by atoms with Crippen LogP contribution in [0.25, 0.3) is 0 Å². The molecule has 112 valence electrons. The molecule has 1 aliphatic carbocycles. The molecule has 2 nitrogen and oxygen atoms in total. The summed E-state index contributed by atoms with van der Waals surface area (Å²) in [5, 5.41) is 6.75. The first-order chi connectivity index (χ1) is 10.1. The molecule has 3 rings (SSSR count). The van der Waals surface area contributed by atoms with Crippen molar-refractivity contribution in [3.63, 3.8) is 0 Å². The minimum Gasteiger partial charge on any atom is -0.308 e. The quantitative estimate of drug-likeness (QED) is 0.884. The normalized spacial score (nSPS) is 19.0. The number of hydrogen-bond acceptors (Lipinski definition) is 3. The highest BCUT2D eigenvalue weighted by Gasteiger charge is 2.24. The van der Waals surface area contributed by atoms with Crippen LogP contribution in [0.4, 0.5) is 0 Å². The number of likely N-dealkylation sites (N-methyl/N-ethyl adjacent to an activating group) is 1. The van der Waals surface area contributed by atoms with E-state index in [-0.39, 0.29) is 0 Å². The van der Waals surface area contributed by atoms with Crippen molar-refractivity contribution in [1.82, 2.24) is 10.2 Å². The Kier molecular flexibility index (Phi) is 4.65. The molecule has 0 aliphatic heterocycles. The molecule has 0 saturated heterocycles. The third-order valence-electron chi connectivity index (χ3n) is 4.24. The van der Waals surface area contributed by atoms with Gasteiger partial charge in [-0.05, 0) is 61.6 Å². The summed E-state index contributed by atoms with van der Waals surface area (Å²) in [6, 6.07) is 11.5. The van der Waals surface area contributed by atoms with Crippen LogP contribution in [0.1, 0.15) is 34.5 Å². The first-order valence-electron chi connectivity index (χ1n) is 7.36. The molecule has 0 spiro atoms. The molecule has 0 bridgehead atoms. The Morgan fingerprint density at radius 1 is 1.38 bits per heavy atom. The molecule has 1 aromatic heterocycles. The topological polar surface area (TPSA) is 15.3 Å². The van der Waals surface area contributed by atoms with Crippen molar-refractivity contribution < 1.29 is 0 Å². The molecule has 1 aliphatic rings. The van der Waals surface area contributed by atoms with Gasteiger partial charge in [-0.1, -0.05) is 23.7 Å². The van der Waals surface area contributed by atoms with E-state index in [2.05, 4.69) is 54.0 Å². The summed E-state index contributed by atoms with van der Waals surface area (Å²) in [5.41, 5.74) is 2.82. The average molecular weight is 321 g/mol. The summed E-state index contributed by atoms with van der Waals surface area (Å²) in [6.07, 6.45) is 2.29. The molecule has 2 aromatic rings. The van der Waals surface area contributed by atoms with Gasteiger partial charge in [0.2, 0.25) is 0 Å². The highest BCUT2D eigenvalue weighted by molar-refractivity contribution is 7.10. The molecule has 0 saturated carbocycles. The van der Waals surface area contributed by atoms with Crippen molar-refractivity contribution in [2.75, 3.05) is 20.6 Å². The van der Waals surface area contributed by atoms with Gasteiger partial charge in [0.05, 0.1) is 6.04 Å². The monoisotopic (exact) mass is 320 g/mol. The molecule has 1 N–H and O–H groups in total. The van der Waals surface area contributed by atoms with Gasteiger partial charge >= 0.3 is 0 Å². The molecular formula is C17H21ClN2S. The Hall–Kier alpha value is -0.870. The lowest BCUT2D eigenvalue weighted by Crippen LogP contribution is -2.32. The number of fused-ring (bicyclic) bond motifs is 1. The Labute approximate surface area is 135 Å². The number of benzene rings is 1. The highest BCUT2D eigenvalue weighted by Crippen LogP contribution is 2.33. The van der Waals surface area contributed by atoms with Gasteiger partial charge in [0.15, 0.2) is 0 Å². The van der Waals surface area contributed by atoms with Crippen LogP contribution in [-0.2, 0) is 6.42 Å². The fraction of sp³-hybridized carbons (Fsp3) is 0.412. The van der Waals surface area contributed by atoms with Crippen molar-refractivity contribution in [3.8, 4) is 0 Å². The minimum atomic E-state index is 0.432. The van der Waals surface area contributed by atoms with Gasteiger partial charge in [-0.2, -0.15) is 0 Å². The SMILES string of the molecule is CN(C)C(CNC1CCc2cc(Cl)ccc21)c1cccs1. The Morgan fingerprint density at radius 2 is 2.24 bits per heavy atom. The maximum Gasteiger partial charge on any atom is 0.0561 e. The average Bonchev–Trinajstić information content (AvgIpc) is 3.08. The fourth-order valence-corrected chi connectivity index (χ4v) is 4.19. The van der Waals surface area contributed by atoms with E-state index < -0.39 is 0 Å². The zero-order valence-corrected chi connectivity index (χ0v) is 14.0. The van der Waals surface area contributed by atoms with Crippen LogP contribution < -0.4 is 5.32 Å². The minimum absolute atomic E-state index is 0.432. The summed E-state index contributed by atoms with van der Waals surface area (Å²) < 4.78 is 0. The summed E-state index contributed by atoms with van der Waals surface area (Å²) in [4.78, 5) is 3.71. The van der Waals surface area contributed by atoms with Gasteiger partial charge in [0, 0.05) is 22.5 Å². The number of hydrogen-bond donors (Lipinski definition) is 1. The lowest BCUT2D eigenvalue weighted by atomic mass is 10.1. The fourth-order valence-electron chi connectivity index (χ4n) is 3.07. The zero-order valence-electron chi connectivity index (χ0n) is 12.5. The van der Waals surface area contributed by atoms with Gasteiger partial charge in [-0.15, -0.1) is 11.3 Å². The molecule has 21 heavy (non-hydrogen) atoms. The van der Waals surface area contributed by atoms with Crippen LogP contribution in [0.3, 0.4) is 0 Å². The van der Waals surface area contributed by atoms with E-state index in [0.29, 0.717) is 12.1 Å². The zero-order chi connectivity index (χ0) is 14.8. The summed E-state index contributed by atoms with van der Waals surface area (Å²) >= 11 is 7.91. The summed E-state index contributed by atoms with van der Waals surface area (Å²) in [7, 11) is 4.29. The number of thiophene rings is 1. The van der Waals surface area contributed by atoms with E-state index >= 15 is 0 Å². The maximum atomic E-state index is 6.08. The van der Waals surface area contributed by atoms with Crippen molar-refractivity contribution in [2.24, 2.45) is 0 Å². The number of aryl methyl sites for hydroxylation is 1. The van der Waals surface area contributed by atoms with Crippen LogP contribution in [0.15, 0.2) is 35.7 Å². The number of nitrogens with zero attached hydrogens (tertiary/aromatic N) is 1. The Balaban J connectivity index is 1.68. The number of nitrogens with one attached hydrogen (secondary N) is 1. The van der Waals surface area contributed by atoms with Crippen LogP contribution in [-0.4, -0.2) is 25.5 Å². The van der Waals surface area contributed by atoms with Crippen molar-refractivity contribution in [1.29, 1.82) is 0 Å². The lowest BCUT2D eigenvalue weighted by Gasteiger charge is -2.26. The lowest BCUT2D eigenvalue weighted by molar-refractivity contribution is 0.283. The molecule has 1 aromatic carbocycles. The standard InChI is InChI=1S/C17H21ClN2S/c1-20(2)16(17-4-3-9-21-17)11-19-15-8-5-12-10-13(18)6-7-14(12)15/h3-4,6-7,9-10,15-16,19H,5,8,11H2,1-2H3. The second-order valence-electron chi connectivity index (χ2n) is 5.84. The van der Waals surface area contributed by atoms with Gasteiger partial charge in [-0.3, -0.25) is 0 Å². The van der Waals surface area contributed by atoms with E-state index in [1.807, 2.05) is 17.4 Å². The van der Waals surface area contributed by atoms with E-state index in [9.17, 15) is 0 Å². The second kappa shape index (κ2) is 6.49. The number of halogens is 1. The van der Waals surface area contributed by atoms with Crippen molar-refractivity contribution in [2.45, 2.75) is 24.9 Å². The molecular weight excluding hydrogens is 300 g/mol. The van der Waals surface area contributed by atoms with Crippen LogP contribution in [0.2, 0.25) is 5.02 Å².